The van der Waals surface area contributed by atoms with Crippen molar-refractivity contribution in [1.29, 1.82) is 0 Å². The second-order valence-electron chi connectivity index (χ2n) is 8.09. The molecule has 0 spiro atoms. The lowest BCUT2D eigenvalue weighted by Crippen LogP contribution is -2.43. The van der Waals surface area contributed by atoms with Crippen LogP contribution in [0, 0.1) is 23.4 Å². The monoisotopic (exact) mass is 439 g/mol. The van der Waals surface area contributed by atoms with Gasteiger partial charge in [-0.05, 0) is 53.6 Å². The van der Waals surface area contributed by atoms with Crippen LogP contribution < -0.4 is 4.74 Å². The Hall–Kier alpha value is -3.12. The fraction of sp³-hybridized carbons (Fsp3) is 0.269. The van der Waals surface area contributed by atoms with Gasteiger partial charge in [0.25, 0.3) is 0 Å². The van der Waals surface area contributed by atoms with Gasteiger partial charge in [-0.1, -0.05) is 24.3 Å². The van der Waals surface area contributed by atoms with Crippen molar-refractivity contribution in [3.05, 3.63) is 101 Å². The molecule has 0 saturated carbocycles. The van der Waals surface area contributed by atoms with Crippen molar-refractivity contribution < 1.29 is 22.7 Å². The average Bonchev–Trinajstić information content (AvgIpc) is 2.79. The highest BCUT2D eigenvalue weighted by molar-refractivity contribution is 5.83. The number of hydrogen-bond acceptors (Lipinski definition) is 3. The molecule has 3 aromatic carbocycles. The molecule has 166 valence electrons. The molecule has 1 atom stereocenters. The number of piperidine rings is 1. The quantitative estimate of drug-likeness (QED) is 0.520. The lowest BCUT2D eigenvalue weighted by Gasteiger charge is -2.36. The van der Waals surface area contributed by atoms with Crippen LogP contribution in [0.2, 0.25) is 0 Å². The topological polar surface area (TPSA) is 29.5 Å². The molecular formula is C26H24F3NO2. The highest BCUT2D eigenvalue weighted by atomic mass is 19.1. The summed E-state index contributed by atoms with van der Waals surface area (Å²) in [7, 11) is 1.54. The maximum atomic E-state index is 13.8. The van der Waals surface area contributed by atoms with Crippen LogP contribution in [0.4, 0.5) is 13.2 Å². The maximum Gasteiger partial charge on any atom is 0.139 e. The average molecular weight is 439 g/mol. The van der Waals surface area contributed by atoms with E-state index in [1.807, 2.05) is 0 Å². The molecular weight excluding hydrogens is 415 g/mol. The van der Waals surface area contributed by atoms with E-state index in [2.05, 4.69) is 4.90 Å². The molecule has 0 aromatic heterocycles. The number of nitrogens with zero attached hydrogens (tertiary/aromatic N) is 1. The Kier molecular flexibility index (Phi) is 6.61. The van der Waals surface area contributed by atoms with Crippen molar-refractivity contribution in [2.45, 2.75) is 18.9 Å². The molecule has 0 bridgehead atoms. The molecule has 0 radical (unpaired) electrons. The Balaban J connectivity index is 1.65. The molecule has 1 unspecified atom stereocenters. The molecule has 32 heavy (non-hydrogen) atoms. The molecule has 4 rings (SSSR count). The molecule has 3 nitrogen and oxygen atoms in total. The standard InChI is InChI=1S/C26H24F3NO2/c1-32-25-11-10-22(29)14-19(25)15-30-13-12-24(31)23(16-30)26(17-2-6-20(27)7-3-17)18-4-8-21(28)9-5-18/h2-11,14,23,26H,12-13,15-16H2,1H3. The van der Waals surface area contributed by atoms with Crippen molar-refractivity contribution in [1.82, 2.24) is 4.90 Å². The zero-order valence-corrected chi connectivity index (χ0v) is 17.7. The number of carbonyl (C=O) groups is 1. The largest absolute Gasteiger partial charge is 0.496 e. The Morgan fingerprint density at radius 1 is 0.906 bits per heavy atom. The van der Waals surface area contributed by atoms with E-state index in [9.17, 15) is 18.0 Å². The Morgan fingerprint density at radius 3 is 2.03 bits per heavy atom. The van der Waals surface area contributed by atoms with Crippen molar-refractivity contribution >= 4 is 5.78 Å². The van der Waals surface area contributed by atoms with Gasteiger partial charge in [-0.3, -0.25) is 9.69 Å². The predicted molar refractivity (Wildman–Crippen MR) is 116 cm³/mol. The van der Waals surface area contributed by atoms with Gasteiger partial charge >= 0.3 is 0 Å². The van der Waals surface area contributed by atoms with E-state index < -0.39 is 5.92 Å². The van der Waals surface area contributed by atoms with Gasteiger partial charge in [-0.2, -0.15) is 0 Å². The Bertz CT molecular complexity index is 1040. The van der Waals surface area contributed by atoms with Crippen molar-refractivity contribution in [2.24, 2.45) is 5.92 Å². The number of halogens is 3. The summed E-state index contributed by atoms with van der Waals surface area (Å²) in [5, 5.41) is 0. The van der Waals surface area contributed by atoms with Crippen molar-refractivity contribution in [3.8, 4) is 5.75 Å². The van der Waals surface area contributed by atoms with Gasteiger partial charge in [0.15, 0.2) is 0 Å². The number of rotatable bonds is 6. The molecule has 3 aromatic rings. The highest BCUT2D eigenvalue weighted by Crippen LogP contribution is 2.36. The molecule has 6 heteroatoms. The van der Waals surface area contributed by atoms with Crippen molar-refractivity contribution in [3.63, 3.8) is 0 Å². The second kappa shape index (κ2) is 9.57. The van der Waals surface area contributed by atoms with Gasteiger partial charge in [0.2, 0.25) is 0 Å². The number of Topliss-reactive ketones (excluding diaryl/α,β-unsaturated/α-hetero) is 1. The fourth-order valence-corrected chi connectivity index (χ4v) is 4.47. The molecule has 1 aliphatic heterocycles. The summed E-state index contributed by atoms with van der Waals surface area (Å²) >= 11 is 0. The molecule has 0 N–H and O–H groups in total. The van der Waals surface area contributed by atoms with Crippen LogP contribution in [0.15, 0.2) is 66.7 Å². The Labute approximate surface area is 185 Å². The third kappa shape index (κ3) is 4.86. The third-order valence-electron chi connectivity index (χ3n) is 6.04. The number of benzene rings is 3. The van der Waals surface area contributed by atoms with Crippen LogP contribution in [-0.4, -0.2) is 30.9 Å². The van der Waals surface area contributed by atoms with Gasteiger partial charge in [0.05, 0.1) is 7.11 Å². The van der Waals surface area contributed by atoms with Crippen LogP contribution in [0.3, 0.4) is 0 Å². The number of likely N-dealkylation sites (tertiary alicyclic amines) is 1. The minimum Gasteiger partial charge on any atom is -0.496 e. The normalized spacial score (nSPS) is 17.0. The fourth-order valence-electron chi connectivity index (χ4n) is 4.47. The molecule has 0 amide bonds. The molecule has 1 fully saturated rings. The summed E-state index contributed by atoms with van der Waals surface area (Å²) in [5.41, 5.74) is 2.30. The van der Waals surface area contributed by atoms with E-state index in [4.69, 9.17) is 4.74 Å². The van der Waals surface area contributed by atoms with E-state index in [1.54, 1.807) is 37.4 Å². The molecule has 1 heterocycles. The zero-order chi connectivity index (χ0) is 22.7. The van der Waals surface area contributed by atoms with Gasteiger partial charge in [0.1, 0.15) is 29.0 Å². The van der Waals surface area contributed by atoms with Crippen LogP contribution in [0.5, 0.6) is 5.75 Å². The first-order valence-corrected chi connectivity index (χ1v) is 10.5. The molecule has 1 saturated heterocycles. The van der Waals surface area contributed by atoms with Gasteiger partial charge in [-0.15, -0.1) is 0 Å². The molecule has 0 aliphatic carbocycles. The van der Waals surface area contributed by atoms with E-state index in [0.717, 1.165) is 11.1 Å². The summed E-state index contributed by atoms with van der Waals surface area (Å²) in [6.07, 6.45) is 0.348. The van der Waals surface area contributed by atoms with Crippen LogP contribution in [-0.2, 0) is 11.3 Å². The lowest BCUT2D eigenvalue weighted by molar-refractivity contribution is -0.126. The molecule has 1 aliphatic rings. The summed E-state index contributed by atoms with van der Waals surface area (Å²) in [6, 6.07) is 16.6. The van der Waals surface area contributed by atoms with Crippen molar-refractivity contribution in [2.75, 3.05) is 20.2 Å². The van der Waals surface area contributed by atoms with E-state index in [0.29, 0.717) is 37.4 Å². The summed E-state index contributed by atoms with van der Waals surface area (Å²) < 4.78 is 46.3. The van der Waals surface area contributed by atoms with Gasteiger partial charge in [-0.25, -0.2) is 13.2 Å². The number of methoxy groups -OCH3 is 1. The first-order valence-electron chi connectivity index (χ1n) is 10.5. The summed E-state index contributed by atoms with van der Waals surface area (Å²) in [4.78, 5) is 15.1. The summed E-state index contributed by atoms with van der Waals surface area (Å²) in [6.45, 7) is 1.43. The SMILES string of the molecule is COc1ccc(F)cc1CN1CCC(=O)C(C(c2ccc(F)cc2)c2ccc(F)cc2)C1. The third-order valence-corrected chi connectivity index (χ3v) is 6.04. The zero-order valence-electron chi connectivity index (χ0n) is 17.7. The van der Waals surface area contributed by atoms with Gasteiger partial charge < -0.3 is 4.74 Å². The maximum absolute atomic E-state index is 13.8. The van der Waals surface area contributed by atoms with E-state index in [-0.39, 0.29) is 29.2 Å². The smallest absolute Gasteiger partial charge is 0.139 e. The first-order chi connectivity index (χ1) is 15.4. The highest BCUT2D eigenvalue weighted by Gasteiger charge is 2.35. The number of hydrogen-bond donors (Lipinski definition) is 0. The van der Waals surface area contributed by atoms with Crippen LogP contribution in [0.25, 0.3) is 0 Å². The number of ether oxygens (including phenoxy) is 1. The lowest BCUT2D eigenvalue weighted by atomic mass is 9.76. The Morgan fingerprint density at radius 2 is 1.47 bits per heavy atom. The summed E-state index contributed by atoms with van der Waals surface area (Å²) in [5.74, 6) is -1.12. The minimum absolute atomic E-state index is 0.103. The number of carbonyl (C=O) groups excluding carboxylic acids is 1. The van der Waals surface area contributed by atoms with E-state index >= 15 is 0 Å². The van der Waals surface area contributed by atoms with E-state index in [1.165, 1.54) is 36.4 Å². The predicted octanol–water partition coefficient (Wildman–Crippen LogP) is 5.34. The first kappa shape index (κ1) is 22.1. The van der Waals surface area contributed by atoms with Crippen LogP contribution >= 0.6 is 0 Å². The second-order valence-corrected chi connectivity index (χ2v) is 8.09. The van der Waals surface area contributed by atoms with Crippen LogP contribution in [0.1, 0.15) is 29.0 Å². The van der Waals surface area contributed by atoms with Gasteiger partial charge in [0, 0.05) is 43.5 Å². The minimum atomic E-state index is -0.403. The number of ketones is 1.